The van der Waals surface area contributed by atoms with Crippen LogP contribution in [0.15, 0.2) is 36.7 Å². The van der Waals surface area contributed by atoms with Gasteiger partial charge in [0.2, 0.25) is 0 Å². The lowest BCUT2D eigenvalue weighted by Gasteiger charge is -2.24. The van der Waals surface area contributed by atoms with E-state index in [9.17, 15) is 4.79 Å². The van der Waals surface area contributed by atoms with Crippen LogP contribution in [0, 0.1) is 0 Å². The van der Waals surface area contributed by atoms with E-state index >= 15 is 0 Å². The minimum Gasteiger partial charge on any atom is -0.482 e. The number of aliphatic carboxylic acids is 1. The molecule has 25 heavy (non-hydrogen) atoms. The molecule has 1 aliphatic heterocycles. The molecule has 0 aliphatic carbocycles. The van der Waals surface area contributed by atoms with Gasteiger partial charge in [-0.1, -0.05) is 12.1 Å². The van der Waals surface area contributed by atoms with Crippen LogP contribution in [0.2, 0.25) is 0 Å². The second kappa shape index (κ2) is 7.94. The van der Waals surface area contributed by atoms with Gasteiger partial charge in [-0.3, -0.25) is 9.88 Å². The molecule has 0 unspecified atom stereocenters. The van der Waals surface area contributed by atoms with Gasteiger partial charge in [-0.2, -0.15) is 0 Å². The summed E-state index contributed by atoms with van der Waals surface area (Å²) in [7, 11) is 1.84. The summed E-state index contributed by atoms with van der Waals surface area (Å²) in [5, 5.41) is 11.7. The number of carboxylic acid groups (broad SMARTS) is 1. The lowest BCUT2D eigenvalue weighted by Crippen LogP contribution is -2.23. The van der Waals surface area contributed by atoms with Gasteiger partial charge in [0.15, 0.2) is 6.61 Å². The van der Waals surface area contributed by atoms with Crippen LogP contribution in [0.4, 0.5) is 5.82 Å². The molecule has 0 spiro atoms. The number of benzene rings is 1. The summed E-state index contributed by atoms with van der Waals surface area (Å²) in [4.78, 5) is 21.8. The predicted molar refractivity (Wildman–Crippen MR) is 93.5 cm³/mol. The summed E-state index contributed by atoms with van der Waals surface area (Å²) in [5.41, 5.74) is 2.15. The number of hydrogen-bond acceptors (Lipinski definition) is 6. The highest BCUT2D eigenvalue weighted by atomic mass is 16.5. The maximum atomic E-state index is 10.5. The third-order valence-electron chi connectivity index (χ3n) is 4.29. The Labute approximate surface area is 146 Å². The van der Waals surface area contributed by atoms with Crippen LogP contribution in [0.1, 0.15) is 30.1 Å². The molecule has 0 radical (unpaired) electrons. The molecule has 0 saturated carbocycles. The monoisotopic (exact) mass is 342 g/mol. The number of carboxylic acids is 1. The second-order valence-electron chi connectivity index (χ2n) is 6.03. The second-order valence-corrected chi connectivity index (χ2v) is 6.03. The first-order valence-corrected chi connectivity index (χ1v) is 8.33. The lowest BCUT2D eigenvalue weighted by molar-refractivity contribution is -0.139. The molecule has 1 fully saturated rings. The van der Waals surface area contributed by atoms with E-state index in [2.05, 4.69) is 20.2 Å². The third-order valence-corrected chi connectivity index (χ3v) is 4.29. The number of nitrogens with one attached hydrogen (secondary N) is 1. The molecule has 2 aromatic rings. The van der Waals surface area contributed by atoms with Gasteiger partial charge in [0, 0.05) is 13.6 Å². The number of rotatable bonds is 7. The van der Waals surface area contributed by atoms with Crippen LogP contribution >= 0.6 is 0 Å². The molecular formula is C18H22N4O3. The first-order chi connectivity index (χ1) is 12.2. The Balaban J connectivity index is 1.65. The van der Waals surface area contributed by atoms with Gasteiger partial charge in [-0.25, -0.2) is 9.78 Å². The number of ether oxygens (including phenoxy) is 1. The van der Waals surface area contributed by atoms with Crippen molar-refractivity contribution in [3.05, 3.63) is 47.9 Å². The molecule has 7 nitrogen and oxygen atoms in total. The summed E-state index contributed by atoms with van der Waals surface area (Å²) < 4.78 is 5.17. The topological polar surface area (TPSA) is 87.6 Å². The molecule has 1 aliphatic rings. The predicted octanol–water partition coefficient (Wildman–Crippen LogP) is 2.32. The molecule has 7 heteroatoms. The summed E-state index contributed by atoms with van der Waals surface area (Å²) in [6.07, 6.45) is 5.77. The Morgan fingerprint density at radius 1 is 1.36 bits per heavy atom. The van der Waals surface area contributed by atoms with Gasteiger partial charge >= 0.3 is 5.97 Å². The fourth-order valence-corrected chi connectivity index (χ4v) is 3.08. The first kappa shape index (κ1) is 17.2. The average molecular weight is 342 g/mol. The van der Waals surface area contributed by atoms with E-state index in [0.29, 0.717) is 5.75 Å². The maximum Gasteiger partial charge on any atom is 0.341 e. The highest BCUT2D eigenvalue weighted by Gasteiger charge is 2.27. The van der Waals surface area contributed by atoms with Crippen LogP contribution in [0.25, 0.3) is 0 Å². The normalized spacial score (nSPS) is 17.4. The number of nitrogens with zero attached hydrogens (tertiary/aromatic N) is 3. The Hall–Kier alpha value is -2.67. The van der Waals surface area contributed by atoms with E-state index in [0.717, 1.165) is 43.0 Å². The van der Waals surface area contributed by atoms with Crippen LogP contribution in [-0.2, 0) is 11.3 Å². The molecule has 0 amide bonds. The van der Waals surface area contributed by atoms with Gasteiger partial charge in [0.05, 0.1) is 24.1 Å². The average Bonchev–Trinajstić information content (AvgIpc) is 3.09. The number of aromatic nitrogens is 2. The zero-order chi connectivity index (χ0) is 17.6. The van der Waals surface area contributed by atoms with Gasteiger partial charge in [0.1, 0.15) is 11.6 Å². The highest BCUT2D eigenvalue weighted by molar-refractivity contribution is 5.68. The lowest BCUT2D eigenvalue weighted by atomic mass is 10.1. The van der Waals surface area contributed by atoms with Crippen molar-refractivity contribution in [3.63, 3.8) is 0 Å². The quantitative estimate of drug-likeness (QED) is 0.798. The fraction of sp³-hybridized carbons (Fsp3) is 0.389. The van der Waals surface area contributed by atoms with E-state index in [1.807, 2.05) is 37.5 Å². The zero-order valence-electron chi connectivity index (χ0n) is 14.2. The van der Waals surface area contributed by atoms with Crippen molar-refractivity contribution in [1.82, 2.24) is 14.9 Å². The van der Waals surface area contributed by atoms with Crippen LogP contribution in [-0.4, -0.2) is 46.1 Å². The smallest absolute Gasteiger partial charge is 0.341 e. The Morgan fingerprint density at radius 2 is 2.16 bits per heavy atom. The van der Waals surface area contributed by atoms with Crippen molar-refractivity contribution in [1.29, 1.82) is 0 Å². The van der Waals surface area contributed by atoms with E-state index < -0.39 is 5.97 Å². The Bertz CT molecular complexity index is 721. The van der Waals surface area contributed by atoms with Crippen molar-refractivity contribution >= 4 is 11.8 Å². The van der Waals surface area contributed by atoms with Crippen molar-refractivity contribution < 1.29 is 14.6 Å². The zero-order valence-corrected chi connectivity index (χ0v) is 14.2. The van der Waals surface area contributed by atoms with Crippen LogP contribution in [0.5, 0.6) is 5.75 Å². The van der Waals surface area contributed by atoms with E-state index in [4.69, 9.17) is 9.84 Å². The standard InChI is InChI=1S/C18H22N4O3/c1-19-17-10-20-9-15(21-17)16-3-2-8-22(16)11-13-4-6-14(7-5-13)25-12-18(23)24/h4-7,9-10,16H,2-3,8,11-12H2,1H3,(H,19,21)(H,23,24)/t16-/m1/s1. The number of carbonyl (C=O) groups is 1. The Morgan fingerprint density at radius 3 is 2.88 bits per heavy atom. The van der Waals surface area contributed by atoms with Gasteiger partial charge < -0.3 is 15.2 Å². The maximum absolute atomic E-state index is 10.5. The molecule has 132 valence electrons. The molecule has 1 aromatic carbocycles. The van der Waals surface area contributed by atoms with E-state index in [1.165, 1.54) is 0 Å². The number of hydrogen-bond donors (Lipinski definition) is 2. The van der Waals surface area contributed by atoms with Crippen LogP contribution in [0.3, 0.4) is 0 Å². The largest absolute Gasteiger partial charge is 0.482 e. The van der Waals surface area contributed by atoms with Crippen molar-refractivity contribution in [2.45, 2.75) is 25.4 Å². The third kappa shape index (κ3) is 4.45. The SMILES string of the molecule is CNc1cncc([C@H]2CCCN2Cc2ccc(OCC(=O)O)cc2)n1. The highest BCUT2D eigenvalue weighted by Crippen LogP contribution is 2.32. The number of anilines is 1. The molecule has 1 aromatic heterocycles. The van der Waals surface area contributed by atoms with Crippen molar-refractivity contribution in [2.75, 3.05) is 25.5 Å². The van der Waals surface area contributed by atoms with Crippen LogP contribution < -0.4 is 10.1 Å². The Kier molecular flexibility index (Phi) is 5.45. The minimum atomic E-state index is -0.978. The van der Waals surface area contributed by atoms with E-state index in [1.54, 1.807) is 6.20 Å². The molecule has 1 saturated heterocycles. The molecule has 1 atom stereocenters. The van der Waals surface area contributed by atoms with Gasteiger partial charge in [0.25, 0.3) is 0 Å². The summed E-state index contributed by atoms with van der Waals surface area (Å²) in [6.45, 7) is 1.51. The minimum absolute atomic E-state index is 0.267. The molecular weight excluding hydrogens is 320 g/mol. The molecule has 2 N–H and O–H groups in total. The molecule has 0 bridgehead atoms. The van der Waals surface area contributed by atoms with Crippen molar-refractivity contribution in [2.24, 2.45) is 0 Å². The van der Waals surface area contributed by atoms with Crippen molar-refractivity contribution in [3.8, 4) is 5.75 Å². The summed E-state index contributed by atoms with van der Waals surface area (Å²) >= 11 is 0. The number of likely N-dealkylation sites (tertiary alicyclic amines) is 1. The summed E-state index contributed by atoms with van der Waals surface area (Å²) in [5.74, 6) is 0.370. The first-order valence-electron chi connectivity index (χ1n) is 8.33. The fourth-order valence-electron chi connectivity index (χ4n) is 3.08. The summed E-state index contributed by atoms with van der Waals surface area (Å²) in [6, 6.07) is 7.84. The van der Waals surface area contributed by atoms with Gasteiger partial charge in [-0.05, 0) is 37.1 Å². The van der Waals surface area contributed by atoms with E-state index in [-0.39, 0.29) is 12.6 Å². The molecule has 2 heterocycles. The molecule has 3 rings (SSSR count). The van der Waals surface area contributed by atoms with Gasteiger partial charge in [-0.15, -0.1) is 0 Å².